The molecule has 1 aliphatic carbocycles. The van der Waals surface area contributed by atoms with E-state index >= 15 is 0 Å². The van der Waals surface area contributed by atoms with Gasteiger partial charge in [0.2, 0.25) is 0 Å². The number of carbonyl (C=O) groups is 1. The summed E-state index contributed by atoms with van der Waals surface area (Å²) in [7, 11) is 0. The molecular weight excluding hydrogens is 326 g/mol. The van der Waals surface area contributed by atoms with Gasteiger partial charge in [-0.25, -0.2) is 4.98 Å². The highest BCUT2D eigenvalue weighted by atomic mass is 16.3. The standard InChI is InChI=1S/C21H27N3O2/c1-16(2)17-6-7-18(19(15-25)20(26)13-17)14-23-9-11-24(12-10-23)21-5-3-4-8-22-21/h3-8,13,15-16,19,26H,9-12,14H2,1-2H3. The lowest BCUT2D eigenvalue weighted by Gasteiger charge is -2.36. The van der Waals surface area contributed by atoms with Crippen LogP contribution in [0.15, 0.2) is 59.5 Å². The largest absolute Gasteiger partial charge is 0.511 e. The van der Waals surface area contributed by atoms with E-state index in [1.54, 1.807) is 6.08 Å². The molecule has 1 N–H and O–H groups in total. The number of aromatic nitrogens is 1. The lowest BCUT2D eigenvalue weighted by atomic mass is 9.97. The number of aliphatic hydroxyl groups is 1. The molecule has 0 spiro atoms. The van der Waals surface area contributed by atoms with Gasteiger partial charge in [0.1, 0.15) is 17.9 Å². The van der Waals surface area contributed by atoms with Gasteiger partial charge in [-0.15, -0.1) is 0 Å². The Morgan fingerprint density at radius 1 is 1.23 bits per heavy atom. The SMILES string of the molecule is CC(C)C1=CC=C(CN2CCN(c3ccccn3)CC2)C(C=O)C(O)=C1. The van der Waals surface area contributed by atoms with E-state index < -0.39 is 5.92 Å². The topological polar surface area (TPSA) is 56.7 Å². The van der Waals surface area contributed by atoms with Crippen molar-refractivity contribution in [3.8, 4) is 0 Å². The zero-order chi connectivity index (χ0) is 18.5. The van der Waals surface area contributed by atoms with Crippen LogP contribution in [0.3, 0.4) is 0 Å². The minimum atomic E-state index is -0.545. The first-order valence-electron chi connectivity index (χ1n) is 9.23. The molecule has 1 atom stereocenters. The quantitative estimate of drug-likeness (QED) is 0.825. The number of hydrogen-bond donors (Lipinski definition) is 1. The maximum absolute atomic E-state index is 11.6. The minimum Gasteiger partial charge on any atom is -0.511 e. The first-order valence-corrected chi connectivity index (χ1v) is 9.23. The zero-order valence-corrected chi connectivity index (χ0v) is 15.5. The molecule has 0 saturated carbocycles. The van der Waals surface area contributed by atoms with Crippen LogP contribution in [0.25, 0.3) is 0 Å². The van der Waals surface area contributed by atoms with Crippen molar-refractivity contribution in [3.63, 3.8) is 0 Å². The Morgan fingerprint density at radius 3 is 2.62 bits per heavy atom. The van der Waals surface area contributed by atoms with Gasteiger partial charge in [-0.2, -0.15) is 0 Å². The van der Waals surface area contributed by atoms with E-state index in [1.807, 2.05) is 36.5 Å². The van der Waals surface area contributed by atoms with E-state index in [9.17, 15) is 9.90 Å². The van der Waals surface area contributed by atoms with Gasteiger partial charge >= 0.3 is 0 Å². The first-order chi connectivity index (χ1) is 12.6. The smallest absolute Gasteiger partial charge is 0.134 e. The molecule has 5 nitrogen and oxygen atoms in total. The number of hydrogen-bond acceptors (Lipinski definition) is 5. The van der Waals surface area contributed by atoms with Crippen LogP contribution in [0.5, 0.6) is 0 Å². The molecule has 1 unspecified atom stereocenters. The van der Waals surface area contributed by atoms with E-state index in [2.05, 4.69) is 28.6 Å². The van der Waals surface area contributed by atoms with Gasteiger partial charge in [-0.3, -0.25) is 4.90 Å². The van der Waals surface area contributed by atoms with Gasteiger partial charge in [0.05, 0.1) is 5.92 Å². The number of nitrogens with zero attached hydrogens (tertiary/aromatic N) is 3. The number of aldehydes is 1. The summed E-state index contributed by atoms with van der Waals surface area (Å²) in [6, 6.07) is 5.97. The summed E-state index contributed by atoms with van der Waals surface area (Å²) in [4.78, 5) is 20.6. The number of piperazine rings is 1. The highest BCUT2D eigenvalue weighted by Gasteiger charge is 2.25. The molecule has 0 bridgehead atoms. The highest BCUT2D eigenvalue weighted by molar-refractivity contribution is 5.65. The van der Waals surface area contributed by atoms with E-state index in [1.165, 1.54) is 0 Å². The van der Waals surface area contributed by atoms with Crippen LogP contribution in [0, 0.1) is 11.8 Å². The second-order valence-corrected chi connectivity index (χ2v) is 7.20. The van der Waals surface area contributed by atoms with Crippen molar-refractivity contribution in [3.05, 3.63) is 59.5 Å². The number of rotatable bonds is 5. The summed E-state index contributed by atoms with van der Waals surface area (Å²) in [6.07, 6.45) is 8.45. The Kier molecular flexibility index (Phi) is 5.89. The lowest BCUT2D eigenvalue weighted by molar-refractivity contribution is -0.110. The fourth-order valence-electron chi connectivity index (χ4n) is 3.41. The van der Waals surface area contributed by atoms with Crippen LogP contribution in [0.1, 0.15) is 13.8 Å². The second kappa shape index (κ2) is 8.32. The fraction of sp³-hybridized carbons (Fsp3) is 0.429. The molecule has 3 rings (SSSR count). The highest BCUT2D eigenvalue weighted by Crippen LogP contribution is 2.26. The molecule has 2 aliphatic rings. The van der Waals surface area contributed by atoms with E-state index in [0.717, 1.165) is 49.4 Å². The second-order valence-electron chi connectivity index (χ2n) is 7.20. The van der Waals surface area contributed by atoms with Crippen molar-refractivity contribution in [2.45, 2.75) is 13.8 Å². The zero-order valence-electron chi connectivity index (χ0n) is 15.5. The van der Waals surface area contributed by atoms with Crippen molar-refractivity contribution < 1.29 is 9.90 Å². The number of anilines is 1. The van der Waals surface area contributed by atoms with Gasteiger partial charge in [-0.1, -0.05) is 32.1 Å². The van der Waals surface area contributed by atoms with Crippen LogP contribution in [-0.4, -0.2) is 54.0 Å². The van der Waals surface area contributed by atoms with Crippen molar-refractivity contribution >= 4 is 12.1 Å². The van der Waals surface area contributed by atoms with E-state index in [0.29, 0.717) is 12.5 Å². The third-order valence-electron chi connectivity index (χ3n) is 5.08. The molecule has 0 aromatic carbocycles. The van der Waals surface area contributed by atoms with E-state index in [-0.39, 0.29) is 5.76 Å². The van der Waals surface area contributed by atoms with Crippen LogP contribution in [-0.2, 0) is 4.79 Å². The summed E-state index contributed by atoms with van der Waals surface area (Å²) in [5.41, 5.74) is 2.00. The molecule has 2 heterocycles. The van der Waals surface area contributed by atoms with Gasteiger partial charge in [0.15, 0.2) is 0 Å². The summed E-state index contributed by atoms with van der Waals surface area (Å²) < 4.78 is 0. The summed E-state index contributed by atoms with van der Waals surface area (Å²) in [6.45, 7) is 8.49. The Morgan fingerprint density at radius 2 is 2.00 bits per heavy atom. The molecule has 138 valence electrons. The maximum Gasteiger partial charge on any atom is 0.134 e. The monoisotopic (exact) mass is 353 g/mol. The van der Waals surface area contributed by atoms with Crippen LogP contribution in [0.4, 0.5) is 5.82 Å². The third-order valence-corrected chi connectivity index (χ3v) is 5.08. The van der Waals surface area contributed by atoms with Gasteiger partial charge in [0.25, 0.3) is 0 Å². The van der Waals surface area contributed by atoms with Crippen LogP contribution >= 0.6 is 0 Å². The molecule has 1 aromatic heterocycles. The molecule has 1 aromatic rings. The van der Waals surface area contributed by atoms with Crippen LogP contribution < -0.4 is 4.90 Å². The first kappa shape index (κ1) is 18.4. The third kappa shape index (κ3) is 4.22. The summed E-state index contributed by atoms with van der Waals surface area (Å²) >= 11 is 0. The predicted molar refractivity (Wildman–Crippen MR) is 104 cm³/mol. The average Bonchev–Trinajstić information content (AvgIpc) is 2.81. The fourth-order valence-corrected chi connectivity index (χ4v) is 3.41. The number of pyridine rings is 1. The summed E-state index contributed by atoms with van der Waals surface area (Å²) in [5.74, 6) is 0.922. The lowest BCUT2D eigenvalue weighted by Crippen LogP contribution is -2.47. The molecular formula is C21H27N3O2. The molecule has 0 radical (unpaired) electrons. The van der Waals surface area contributed by atoms with Gasteiger partial charge < -0.3 is 14.8 Å². The minimum absolute atomic E-state index is 0.149. The molecule has 1 fully saturated rings. The number of carbonyl (C=O) groups excluding carboxylic acids is 1. The Balaban J connectivity index is 1.66. The van der Waals surface area contributed by atoms with Crippen molar-refractivity contribution in [2.24, 2.45) is 11.8 Å². The Hall–Kier alpha value is -2.40. The molecule has 1 aliphatic heterocycles. The number of aliphatic hydroxyl groups excluding tert-OH is 1. The number of allylic oxidation sites excluding steroid dienone is 5. The van der Waals surface area contributed by atoms with Crippen molar-refractivity contribution in [2.75, 3.05) is 37.6 Å². The van der Waals surface area contributed by atoms with E-state index in [4.69, 9.17) is 0 Å². The summed E-state index contributed by atoms with van der Waals surface area (Å²) in [5, 5.41) is 10.4. The van der Waals surface area contributed by atoms with Gasteiger partial charge in [0, 0.05) is 38.9 Å². The Labute approximate surface area is 155 Å². The Bertz CT molecular complexity index is 714. The normalized spacial score (nSPS) is 21.7. The van der Waals surface area contributed by atoms with Crippen molar-refractivity contribution in [1.82, 2.24) is 9.88 Å². The molecule has 0 amide bonds. The molecule has 5 heteroatoms. The van der Waals surface area contributed by atoms with Crippen molar-refractivity contribution in [1.29, 1.82) is 0 Å². The molecule has 1 saturated heterocycles. The van der Waals surface area contributed by atoms with Crippen LogP contribution in [0.2, 0.25) is 0 Å². The van der Waals surface area contributed by atoms with Gasteiger partial charge in [-0.05, 0) is 35.3 Å². The average molecular weight is 353 g/mol. The molecule has 26 heavy (non-hydrogen) atoms. The predicted octanol–water partition coefficient (Wildman–Crippen LogP) is 2.98. The maximum atomic E-state index is 11.6.